The number of aromatic amines is 1. The van der Waals surface area contributed by atoms with E-state index in [0.29, 0.717) is 47.8 Å². The Morgan fingerprint density at radius 3 is 2.50 bits per heavy atom. The number of hydrogen-bond acceptors (Lipinski definition) is 8. The van der Waals surface area contributed by atoms with E-state index in [1.54, 1.807) is 50.2 Å². The lowest BCUT2D eigenvalue weighted by Gasteiger charge is -2.26. The summed E-state index contributed by atoms with van der Waals surface area (Å²) >= 11 is 0. The zero-order chi connectivity index (χ0) is 33.2. The molecule has 242 valence electrons. The third kappa shape index (κ3) is 8.15. The van der Waals surface area contributed by atoms with Crippen molar-refractivity contribution in [2.24, 2.45) is 5.92 Å². The van der Waals surface area contributed by atoms with Gasteiger partial charge in [0.1, 0.15) is 29.3 Å². The molecular formula is C33H38N6O7. The highest BCUT2D eigenvalue weighted by Crippen LogP contribution is 2.37. The Morgan fingerprint density at radius 2 is 1.80 bits per heavy atom. The fraction of sp³-hybridized carbons (Fsp3) is 0.364. The van der Waals surface area contributed by atoms with Gasteiger partial charge in [0.15, 0.2) is 11.5 Å². The van der Waals surface area contributed by atoms with Gasteiger partial charge < -0.3 is 40.0 Å². The smallest absolute Gasteiger partial charge is 0.270 e. The zero-order valence-electron chi connectivity index (χ0n) is 26.3. The van der Waals surface area contributed by atoms with Crippen LogP contribution in [0.2, 0.25) is 0 Å². The topological polar surface area (TPSA) is 175 Å². The first-order valence-corrected chi connectivity index (χ1v) is 14.9. The molecule has 4 N–H and O–H groups in total. The Kier molecular flexibility index (Phi) is 11.2. The number of carbonyl (C=O) groups is 4. The Labute approximate surface area is 267 Å². The normalized spacial score (nSPS) is 16.6. The second-order valence-electron chi connectivity index (χ2n) is 11.0. The molecule has 0 fully saturated rings. The number of amides is 4. The molecule has 0 radical (unpaired) electrons. The van der Waals surface area contributed by atoms with E-state index in [0.717, 1.165) is 0 Å². The molecule has 3 aromatic rings. The average Bonchev–Trinajstić information content (AvgIpc) is 3.54. The average molecular weight is 631 g/mol. The van der Waals surface area contributed by atoms with E-state index >= 15 is 0 Å². The third-order valence-electron chi connectivity index (χ3n) is 7.47. The summed E-state index contributed by atoms with van der Waals surface area (Å²) in [5, 5.41) is 17.7. The van der Waals surface area contributed by atoms with Crippen LogP contribution in [-0.2, 0) is 16.1 Å². The van der Waals surface area contributed by atoms with Gasteiger partial charge in [-0.05, 0) is 55.2 Å². The van der Waals surface area contributed by atoms with Gasteiger partial charge in [0, 0.05) is 24.8 Å². The molecule has 13 heteroatoms. The number of fused-ring (bicyclic) bond motifs is 3. The Hall–Kier alpha value is -5.51. The minimum atomic E-state index is -0.906. The predicted molar refractivity (Wildman–Crippen MR) is 168 cm³/mol. The maximum atomic E-state index is 13.5. The molecule has 0 saturated heterocycles. The number of rotatable bonds is 4. The van der Waals surface area contributed by atoms with Crippen LogP contribution in [0.1, 0.15) is 58.7 Å². The molecule has 1 atom stereocenters. The molecular weight excluding hydrogens is 592 g/mol. The summed E-state index contributed by atoms with van der Waals surface area (Å²) in [6.45, 7) is 3.80. The quantitative estimate of drug-likeness (QED) is 0.340. The summed E-state index contributed by atoms with van der Waals surface area (Å²) in [7, 11) is 2.99. The number of benzene rings is 2. The maximum Gasteiger partial charge on any atom is 0.270 e. The van der Waals surface area contributed by atoms with Gasteiger partial charge in [0.2, 0.25) is 11.8 Å². The molecule has 1 aromatic heterocycles. The van der Waals surface area contributed by atoms with Gasteiger partial charge in [-0.15, -0.1) is 0 Å². The minimum absolute atomic E-state index is 0.00156. The number of methoxy groups -OCH3 is 2. The lowest BCUT2D eigenvalue weighted by Crippen LogP contribution is -2.52. The minimum Gasteiger partial charge on any atom is -0.496 e. The molecule has 0 saturated carbocycles. The molecule has 2 aromatic carbocycles. The summed E-state index contributed by atoms with van der Waals surface area (Å²) < 4.78 is 17.3. The first kappa shape index (κ1) is 33.4. The van der Waals surface area contributed by atoms with Gasteiger partial charge in [-0.3, -0.25) is 19.2 Å². The van der Waals surface area contributed by atoms with Gasteiger partial charge in [-0.2, -0.15) is 5.26 Å². The number of nitrogens with one attached hydrogen (secondary N) is 4. The highest BCUT2D eigenvalue weighted by molar-refractivity contribution is 5.96. The Balaban J connectivity index is 1.67. The molecule has 1 aliphatic rings. The number of hydrogen-bond donors (Lipinski definition) is 4. The molecule has 13 nitrogen and oxygen atoms in total. The fourth-order valence-corrected chi connectivity index (χ4v) is 4.97. The van der Waals surface area contributed by atoms with Crippen LogP contribution in [0, 0.1) is 17.2 Å². The van der Waals surface area contributed by atoms with Crippen molar-refractivity contribution >= 4 is 23.6 Å². The Bertz CT molecular complexity index is 1630. The molecule has 1 aliphatic heterocycles. The summed E-state index contributed by atoms with van der Waals surface area (Å²) in [5.74, 6) is -0.537. The lowest BCUT2D eigenvalue weighted by molar-refractivity contribution is -0.130. The van der Waals surface area contributed by atoms with Crippen LogP contribution in [0.5, 0.6) is 23.0 Å². The molecule has 4 amide bonds. The van der Waals surface area contributed by atoms with E-state index < -0.39 is 23.8 Å². The van der Waals surface area contributed by atoms with Crippen LogP contribution in [0.3, 0.4) is 0 Å². The Morgan fingerprint density at radius 1 is 1.02 bits per heavy atom. The second kappa shape index (κ2) is 15.5. The second-order valence-corrected chi connectivity index (χ2v) is 11.0. The van der Waals surface area contributed by atoms with E-state index in [1.807, 2.05) is 6.07 Å². The molecule has 0 spiro atoms. The molecule has 2 bridgehead atoms. The van der Waals surface area contributed by atoms with Crippen LogP contribution >= 0.6 is 0 Å². The largest absolute Gasteiger partial charge is 0.496 e. The molecule has 0 unspecified atom stereocenters. The molecule has 46 heavy (non-hydrogen) atoms. The van der Waals surface area contributed by atoms with E-state index in [1.165, 1.54) is 31.4 Å². The van der Waals surface area contributed by atoms with Gasteiger partial charge in [0.25, 0.3) is 11.8 Å². The molecule has 2 heterocycles. The first-order valence-electron chi connectivity index (χ1n) is 14.9. The van der Waals surface area contributed by atoms with E-state index in [4.69, 9.17) is 14.2 Å². The van der Waals surface area contributed by atoms with Crippen LogP contribution in [0.4, 0.5) is 0 Å². The summed E-state index contributed by atoms with van der Waals surface area (Å²) in [6.07, 6.45) is 2.39. The van der Waals surface area contributed by atoms with Crippen LogP contribution < -0.4 is 30.2 Å². The van der Waals surface area contributed by atoms with Crippen LogP contribution in [0.15, 0.2) is 48.7 Å². The predicted octanol–water partition coefficient (Wildman–Crippen LogP) is 3.12. The molecule has 4 rings (SSSR count). The maximum absolute atomic E-state index is 13.5. The van der Waals surface area contributed by atoms with Crippen molar-refractivity contribution < 1.29 is 33.4 Å². The van der Waals surface area contributed by atoms with Crippen molar-refractivity contribution in [3.05, 3.63) is 71.0 Å². The van der Waals surface area contributed by atoms with Crippen LogP contribution in [0.25, 0.3) is 0 Å². The SMILES string of the molecule is COc1ccc2cc1Oc1cccc(OC)c1CNC(=O)[C@@H](C(C)C)NC(=O)CN(C(=O)c1cc(C#N)c[nH]1)CCCCNC2=O. The van der Waals surface area contributed by atoms with Crippen LogP contribution in [-0.4, -0.2) is 73.4 Å². The number of carbonyl (C=O) groups excluding carboxylic acids is 4. The van der Waals surface area contributed by atoms with Crippen molar-refractivity contribution in [2.75, 3.05) is 33.9 Å². The number of H-pyrrole nitrogens is 1. The van der Waals surface area contributed by atoms with Crippen molar-refractivity contribution in [1.82, 2.24) is 25.8 Å². The number of aromatic nitrogens is 1. The first-order chi connectivity index (χ1) is 22.1. The highest BCUT2D eigenvalue weighted by atomic mass is 16.5. The zero-order valence-corrected chi connectivity index (χ0v) is 26.3. The van der Waals surface area contributed by atoms with E-state index in [-0.39, 0.29) is 48.5 Å². The van der Waals surface area contributed by atoms with Gasteiger partial charge in [-0.25, -0.2) is 0 Å². The third-order valence-corrected chi connectivity index (χ3v) is 7.47. The summed E-state index contributed by atoms with van der Waals surface area (Å²) in [5.41, 5.74) is 1.31. The standard InChI is InChI=1S/C33H38N6O7/c1-20(2)30-32(42)37-18-23-25(44-3)8-7-9-26(23)46-28-15-22(10-11-27(28)45-4)31(41)35-12-5-6-13-39(19-29(40)38-30)33(43)24-14-21(16-34)17-36-24/h7-11,14-15,17,20,30,36H,5-6,12-13,18-19H2,1-4H3,(H,35,41)(H,37,42)(H,38,40)/t30-/m1/s1. The highest BCUT2D eigenvalue weighted by Gasteiger charge is 2.27. The fourth-order valence-electron chi connectivity index (χ4n) is 4.97. The molecule has 0 aliphatic carbocycles. The van der Waals surface area contributed by atoms with Crippen molar-refractivity contribution in [1.29, 1.82) is 5.26 Å². The number of nitrogens with zero attached hydrogens (tertiary/aromatic N) is 2. The van der Waals surface area contributed by atoms with Gasteiger partial charge in [0.05, 0.1) is 38.4 Å². The van der Waals surface area contributed by atoms with E-state index in [2.05, 4.69) is 20.9 Å². The van der Waals surface area contributed by atoms with E-state index in [9.17, 15) is 24.4 Å². The van der Waals surface area contributed by atoms with Gasteiger partial charge >= 0.3 is 0 Å². The summed E-state index contributed by atoms with van der Waals surface area (Å²) in [4.78, 5) is 57.2. The number of nitriles is 1. The lowest BCUT2D eigenvalue weighted by atomic mass is 10.0. The van der Waals surface area contributed by atoms with Crippen molar-refractivity contribution in [3.63, 3.8) is 0 Å². The monoisotopic (exact) mass is 630 g/mol. The van der Waals surface area contributed by atoms with Crippen molar-refractivity contribution in [3.8, 4) is 29.1 Å². The summed E-state index contributed by atoms with van der Waals surface area (Å²) in [6, 6.07) is 12.5. The van der Waals surface area contributed by atoms with Gasteiger partial charge in [-0.1, -0.05) is 19.9 Å². The van der Waals surface area contributed by atoms with Crippen molar-refractivity contribution in [2.45, 2.75) is 39.3 Å². The number of ether oxygens (including phenoxy) is 3.